The maximum Gasteiger partial charge on any atom is 0.258 e. The molecule has 0 fully saturated rings. The number of carbonyl (C=O) groups excluding carboxylic acids is 2. The fourth-order valence-electron chi connectivity index (χ4n) is 2.52. The summed E-state index contributed by atoms with van der Waals surface area (Å²) in [7, 11) is 0. The summed E-state index contributed by atoms with van der Waals surface area (Å²) in [6.07, 6.45) is 3.22. The van der Waals surface area contributed by atoms with Gasteiger partial charge in [0, 0.05) is 19.2 Å². The Morgan fingerprint density at radius 2 is 1.59 bits per heavy atom. The van der Waals surface area contributed by atoms with Gasteiger partial charge in [-0.15, -0.1) is 0 Å². The maximum atomic E-state index is 11.9. The van der Waals surface area contributed by atoms with Crippen molar-refractivity contribution in [2.45, 2.75) is 20.8 Å². The van der Waals surface area contributed by atoms with Crippen LogP contribution in [0.2, 0.25) is 0 Å². The molecule has 2 N–H and O–H groups in total. The van der Waals surface area contributed by atoms with E-state index in [9.17, 15) is 9.59 Å². The lowest BCUT2D eigenvalue weighted by Gasteiger charge is -2.14. The summed E-state index contributed by atoms with van der Waals surface area (Å²) in [6.45, 7) is 6.60. The van der Waals surface area contributed by atoms with Gasteiger partial charge in [-0.2, -0.15) is 0 Å². The molecule has 0 aromatic heterocycles. The Labute approximate surface area is 160 Å². The van der Waals surface area contributed by atoms with Crippen LogP contribution in [-0.4, -0.2) is 31.5 Å². The average Bonchev–Trinajstić information content (AvgIpc) is 2.67. The number of carbonyl (C=O) groups is 2. The number of nitrogens with one attached hydrogen (secondary N) is 2. The van der Waals surface area contributed by atoms with E-state index >= 15 is 0 Å². The zero-order valence-electron chi connectivity index (χ0n) is 16.0. The molecular weight excluding hydrogens is 340 g/mol. The minimum absolute atomic E-state index is 0.0486. The van der Waals surface area contributed by atoms with Gasteiger partial charge in [0.25, 0.3) is 5.91 Å². The third kappa shape index (κ3) is 6.62. The second-order valence-corrected chi connectivity index (χ2v) is 6.33. The molecule has 0 spiro atoms. The van der Waals surface area contributed by atoms with Crippen LogP contribution in [0.3, 0.4) is 0 Å². The van der Waals surface area contributed by atoms with Crippen LogP contribution in [0.25, 0.3) is 6.08 Å². The van der Waals surface area contributed by atoms with Crippen molar-refractivity contribution >= 4 is 17.9 Å². The molecule has 2 aromatic carbocycles. The average molecular weight is 366 g/mol. The van der Waals surface area contributed by atoms with Crippen molar-refractivity contribution in [3.63, 3.8) is 0 Å². The minimum atomic E-state index is -0.218. The molecule has 5 heteroatoms. The number of amides is 2. The molecular formula is C22H26N2O3. The van der Waals surface area contributed by atoms with E-state index in [1.807, 2.05) is 63.2 Å². The van der Waals surface area contributed by atoms with Gasteiger partial charge in [0.2, 0.25) is 5.91 Å². The zero-order chi connectivity index (χ0) is 19.6. The highest BCUT2D eigenvalue weighted by molar-refractivity contribution is 5.91. The van der Waals surface area contributed by atoms with Crippen LogP contribution >= 0.6 is 0 Å². The van der Waals surface area contributed by atoms with Gasteiger partial charge in [0.15, 0.2) is 6.61 Å². The van der Waals surface area contributed by atoms with Crippen molar-refractivity contribution in [1.82, 2.24) is 10.6 Å². The predicted molar refractivity (Wildman–Crippen MR) is 108 cm³/mol. The first-order valence-corrected chi connectivity index (χ1v) is 8.94. The van der Waals surface area contributed by atoms with Crippen LogP contribution in [0.1, 0.15) is 22.3 Å². The maximum absolute atomic E-state index is 11.9. The molecule has 2 aromatic rings. The normalized spacial score (nSPS) is 10.6. The number of rotatable bonds is 8. The van der Waals surface area contributed by atoms with Gasteiger partial charge >= 0.3 is 0 Å². The van der Waals surface area contributed by atoms with Gasteiger partial charge in [-0.3, -0.25) is 9.59 Å². The van der Waals surface area contributed by atoms with Crippen molar-refractivity contribution in [2.75, 3.05) is 19.7 Å². The standard InChI is InChI=1S/C22H26N2O3/c1-16-9-10-17(2)22(18(16)3)27-15-21(26)24-14-13-23-20(25)12-11-19-7-5-4-6-8-19/h4-12H,13-15H2,1-3H3,(H,23,25)(H,24,26)/b12-11+. The highest BCUT2D eigenvalue weighted by atomic mass is 16.5. The molecule has 0 saturated carbocycles. The molecule has 5 nitrogen and oxygen atoms in total. The topological polar surface area (TPSA) is 67.4 Å². The molecule has 0 aliphatic rings. The molecule has 0 aliphatic carbocycles. The lowest BCUT2D eigenvalue weighted by atomic mass is 10.1. The third-order valence-corrected chi connectivity index (χ3v) is 4.19. The minimum Gasteiger partial charge on any atom is -0.483 e. The molecule has 27 heavy (non-hydrogen) atoms. The summed E-state index contributed by atoms with van der Waals surface area (Å²) in [5.74, 6) is 0.337. The van der Waals surface area contributed by atoms with Crippen LogP contribution in [0.4, 0.5) is 0 Å². The Balaban J connectivity index is 1.67. The van der Waals surface area contributed by atoms with Crippen molar-refractivity contribution in [2.24, 2.45) is 0 Å². The van der Waals surface area contributed by atoms with Crippen LogP contribution in [-0.2, 0) is 9.59 Å². The third-order valence-electron chi connectivity index (χ3n) is 4.19. The highest BCUT2D eigenvalue weighted by Crippen LogP contribution is 2.25. The summed E-state index contributed by atoms with van der Waals surface area (Å²) < 4.78 is 5.67. The number of aryl methyl sites for hydroxylation is 2. The highest BCUT2D eigenvalue weighted by Gasteiger charge is 2.09. The molecule has 0 unspecified atom stereocenters. The van der Waals surface area contributed by atoms with Gasteiger partial charge in [-0.25, -0.2) is 0 Å². The monoisotopic (exact) mass is 366 g/mol. The van der Waals surface area contributed by atoms with E-state index in [1.165, 1.54) is 6.08 Å². The van der Waals surface area contributed by atoms with Gasteiger partial charge in [0.1, 0.15) is 5.75 Å². The quantitative estimate of drug-likeness (QED) is 0.558. The van der Waals surface area contributed by atoms with Gasteiger partial charge < -0.3 is 15.4 Å². The molecule has 0 bridgehead atoms. The number of benzene rings is 2. The van der Waals surface area contributed by atoms with Crippen molar-refractivity contribution in [3.8, 4) is 5.75 Å². The Morgan fingerprint density at radius 3 is 2.33 bits per heavy atom. The SMILES string of the molecule is Cc1ccc(C)c(OCC(=O)NCCNC(=O)/C=C/c2ccccc2)c1C. The smallest absolute Gasteiger partial charge is 0.258 e. The van der Waals surface area contributed by atoms with Crippen molar-refractivity contribution in [3.05, 3.63) is 70.8 Å². The summed E-state index contributed by atoms with van der Waals surface area (Å²) in [5, 5.41) is 5.46. The molecule has 0 aliphatic heterocycles. The lowest BCUT2D eigenvalue weighted by molar-refractivity contribution is -0.123. The van der Waals surface area contributed by atoms with E-state index in [0.717, 1.165) is 28.0 Å². The molecule has 0 atom stereocenters. The lowest BCUT2D eigenvalue weighted by Crippen LogP contribution is -2.36. The molecule has 2 amide bonds. The first kappa shape index (κ1) is 20.2. The molecule has 0 saturated heterocycles. The molecule has 142 valence electrons. The second-order valence-electron chi connectivity index (χ2n) is 6.33. The van der Waals surface area contributed by atoms with Crippen LogP contribution in [0.5, 0.6) is 5.75 Å². The van der Waals surface area contributed by atoms with Crippen LogP contribution in [0, 0.1) is 20.8 Å². The Kier molecular flexibility index (Phi) is 7.62. The Bertz CT molecular complexity index is 814. The van der Waals surface area contributed by atoms with Crippen molar-refractivity contribution < 1.29 is 14.3 Å². The van der Waals surface area contributed by atoms with Crippen LogP contribution in [0.15, 0.2) is 48.5 Å². The van der Waals surface area contributed by atoms with E-state index in [2.05, 4.69) is 10.6 Å². The first-order valence-electron chi connectivity index (χ1n) is 8.94. The number of ether oxygens (including phenoxy) is 1. The van der Waals surface area contributed by atoms with E-state index in [4.69, 9.17) is 4.74 Å². The van der Waals surface area contributed by atoms with Crippen molar-refractivity contribution in [1.29, 1.82) is 0 Å². The summed E-state index contributed by atoms with van der Waals surface area (Å²) in [6, 6.07) is 13.6. The summed E-state index contributed by atoms with van der Waals surface area (Å²) >= 11 is 0. The van der Waals surface area contributed by atoms with E-state index < -0.39 is 0 Å². The molecule has 0 radical (unpaired) electrons. The number of hydrogen-bond donors (Lipinski definition) is 2. The fourth-order valence-corrected chi connectivity index (χ4v) is 2.52. The van der Waals surface area contributed by atoms with Gasteiger partial charge in [-0.05, 0) is 49.1 Å². The molecule has 0 heterocycles. The van der Waals surface area contributed by atoms with E-state index in [1.54, 1.807) is 6.08 Å². The number of hydrogen-bond acceptors (Lipinski definition) is 3. The summed E-state index contributed by atoms with van der Waals surface area (Å²) in [4.78, 5) is 23.7. The zero-order valence-corrected chi connectivity index (χ0v) is 16.0. The molecule has 2 rings (SSSR count). The summed E-state index contributed by atoms with van der Waals surface area (Å²) in [5.41, 5.74) is 4.13. The predicted octanol–water partition coefficient (Wildman–Crippen LogP) is 2.94. The Hall–Kier alpha value is -3.08. The van der Waals surface area contributed by atoms with E-state index in [-0.39, 0.29) is 18.4 Å². The largest absolute Gasteiger partial charge is 0.483 e. The second kappa shape index (κ2) is 10.2. The van der Waals surface area contributed by atoms with Crippen LogP contribution < -0.4 is 15.4 Å². The van der Waals surface area contributed by atoms with Gasteiger partial charge in [0.05, 0.1) is 0 Å². The van der Waals surface area contributed by atoms with Gasteiger partial charge in [-0.1, -0.05) is 42.5 Å². The first-order chi connectivity index (χ1) is 13.0. The fraction of sp³-hybridized carbons (Fsp3) is 0.273. The Morgan fingerprint density at radius 1 is 0.926 bits per heavy atom. The van der Waals surface area contributed by atoms with E-state index in [0.29, 0.717) is 13.1 Å².